The molecule has 0 amide bonds. The van der Waals surface area contributed by atoms with Gasteiger partial charge in [-0.05, 0) is 63.6 Å². The molecule has 4 aromatic rings. The SMILES string of the molecule is CCOc1ccc([C@@H]2C(C(=O)OC(C)C)=C(C)N=c3s/c(=C/c4ccccc4OCc4ccccc4C#N)c(=O)n32)cc1. The van der Waals surface area contributed by atoms with Gasteiger partial charge in [-0.2, -0.15) is 5.26 Å². The molecule has 218 valence electrons. The van der Waals surface area contributed by atoms with Crippen LogP contribution in [0.1, 0.15) is 56.0 Å². The third kappa shape index (κ3) is 6.30. The Morgan fingerprint density at radius 1 is 1.07 bits per heavy atom. The second-order valence-corrected chi connectivity index (χ2v) is 11.1. The molecule has 0 radical (unpaired) electrons. The second-order valence-electron chi connectivity index (χ2n) is 10.1. The molecule has 1 aromatic heterocycles. The zero-order chi connectivity index (χ0) is 30.5. The van der Waals surface area contributed by atoms with Crippen molar-refractivity contribution in [2.24, 2.45) is 4.99 Å². The highest BCUT2D eigenvalue weighted by Gasteiger charge is 2.33. The highest BCUT2D eigenvalue weighted by molar-refractivity contribution is 7.07. The largest absolute Gasteiger partial charge is 0.494 e. The lowest BCUT2D eigenvalue weighted by molar-refractivity contribution is -0.143. The van der Waals surface area contributed by atoms with Gasteiger partial charge in [0.25, 0.3) is 5.56 Å². The fraction of sp³-hybridized carbons (Fsp3) is 0.235. The lowest BCUT2D eigenvalue weighted by atomic mass is 9.96. The number of nitrogens with zero attached hydrogens (tertiary/aromatic N) is 3. The Balaban J connectivity index is 1.59. The lowest BCUT2D eigenvalue weighted by Gasteiger charge is -2.25. The summed E-state index contributed by atoms with van der Waals surface area (Å²) < 4.78 is 19.3. The van der Waals surface area contributed by atoms with E-state index in [4.69, 9.17) is 14.2 Å². The molecule has 1 aliphatic rings. The molecule has 0 N–H and O–H groups in total. The van der Waals surface area contributed by atoms with E-state index in [1.807, 2.05) is 73.7 Å². The normalized spacial score (nSPS) is 14.6. The van der Waals surface area contributed by atoms with Crippen LogP contribution in [0, 0.1) is 11.3 Å². The zero-order valence-corrected chi connectivity index (χ0v) is 25.2. The van der Waals surface area contributed by atoms with Gasteiger partial charge in [-0.15, -0.1) is 0 Å². The number of aromatic nitrogens is 1. The van der Waals surface area contributed by atoms with Crippen LogP contribution in [0.5, 0.6) is 11.5 Å². The smallest absolute Gasteiger partial charge is 0.338 e. The molecule has 43 heavy (non-hydrogen) atoms. The number of fused-ring (bicyclic) bond motifs is 1. The summed E-state index contributed by atoms with van der Waals surface area (Å²) >= 11 is 1.25. The Bertz CT molecular complexity index is 1910. The monoisotopic (exact) mass is 593 g/mol. The van der Waals surface area contributed by atoms with E-state index in [0.29, 0.717) is 49.8 Å². The Kier molecular flexibility index (Phi) is 8.88. The van der Waals surface area contributed by atoms with Crippen molar-refractivity contribution in [1.29, 1.82) is 5.26 Å². The number of rotatable bonds is 9. The molecule has 3 aromatic carbocycles. The van der Waals surface area contributed by atoms with Crippen molar-refractivity contribution in [3.63, 3.8) is 0 Å². The van der Waals surface area contributed by atoms with Crippen molar-refractivity contribution in [3.05, 3.63) is 126 Å². The van der Waals surface area contributed by atoms with Gasteiger partial charge in [-0.1, -0.05) is 59.9 Å². The van der Waals surface area contributed by atoms with Crippen LogP contribution in [-0.2, 0) is 16.1 Å². The Morgan fingerprint density at radius 2 is 1.79 bits per heavy atom. The van der Waals surface area contributed by atoms with Crippen LogP contribution < -0.4 is 24.4 Å². The first-order valence-corrected chi connectivity index (χ1v) is 14.8. The number of nitriles is 1. The summed E-state index contributed by atoms with van der Waals surface area (Å²) in [5.74, 6) is 0.752. The summed E-state index contributed by atoms with van der Waals surface area (Å²) in [4.78, 5) is 32.6. The van der Waals surface area contributed by atoms with E-state index in [2.05, 4.69) is 11.1 Å². The summed E-state index contributed by atoms with van der Waals surface area (Å²) in [6.07, 6.45) is 1.44. The first-order chi connectivity index (χ1) is 20.8. The Morgan fingerprint density at radius 3 is 2.51 bits per heavy atom. The number of carbonyl (C=O) groups excluding carboxylic acids is 1. The van der Waals surface area contributed by atoms with Gasteiger partial charge in [0.2, 0.25) is 0 Å². The van der Waals surface area contributed by atoms with Crippen LogP contribution in [0.4, 0.5) is 0 Å². The van der Waals surface area contributed by atoms with Crippen LogP contribution in [0.15, 0.2) is 93.9 Å². The maximum atomic E-state index is 14.0. The van der Waals surface area contributed by atoms with Crippen molar-refractivity contribution in [2.45, 2.75) is 46.4 Å². The molecule has 5 rings (SSSR count). The van der Waals surface area contributed by atoms with Crippen LogP contribution in [0.25, 0.3) is 6.08 Å². The fourth-order valence-corrected chi connectivity index (χ4v) is 5.91. The minimum atomic E-state index is -0.727. The molecular formula is C34H31N3O5S. The van der Waals surface area contributed by atoms with Crippen molar-refractivity contribution in [2.75, 3.05) is 6.61 Å². The van der Waals surface area contributed by atoms with Gasteiger partial charge in [-0.3, -0.25) is 9.36 Å². The number of para-hydroxylation sites is 1. The third-order valence-electron chi connectivity index (χ3n) is 6.82. The number of ether oxygens (including phenoxy) is 3. The number of hydrogen-bond acceptors (Lipinski definition) is 8. The molecule has 0 saturated carbocycles. The number of esters is 1. The van der Waals surface area contributed by atoms with Crippen LogP contribution in [0.3, 0.4) is 0 Å². The quantitative estimate of drug-likeness (QED) is 0.252. The van der Waals surface area contributed by atoms with Crippen molar-refractivity contribution in [1.82, 2.24) is 4.57 Å². The molecule has 1 atom stereocenters. The van der Waals surface area contributed by atoms with Crippen LogP contribution in [0.2, 0.25) is 0 Å². The molecular weight excluding hydrogens is 562 g/mol. The topological polar surface area (TPSA) is 103 Å². The highest BCUT2D eigenvalue weighted by Crippen LogP contribution is 2.32. The maximum Gasteiger partial charge on any atom is 0.338 e. The summed E-state index contributed by atoms with van der Waals surface area (Å²) in [5, 5.41) is 9.44. The van der Waals surface area contributed by atoms with Gasteiger partial charge in [-0.25, -0.2) is 9.79 Å². The van der Waals surface area contributed by atoms with Crippen molar-refractivity contribution in [3.8, 4) is 17.6 Å². The third-order valence-corrected chi connectivity index (χ3v) is 7.80. The number of thiazole rings is 1. The van der Waals surface area contributed by atoms with Crippen LogP contribution in [-0.4, -0.2) is 23.2 Å². The fourth-order valence-electron chi connectivity index (χ4n) is 4.87. The number of carbonyl (C=O) groups is 1. The molecule has 1 aliphatic heterocycles. The Hall–Kier alpha value is -4.94. The molecule has 0 fully saturated rings. The summed E-state index contributed by atoms with van der Waals surface area (Å²) in [6.45, 7) is 7.97. The second kappa shape index (κ2) is 12.9. The molecule has 0 bridgehead atoms. The molecule has 0 unspecified atom stereocenters. The predicted octanol–water partition coefficient (Wildman–Crippen LogP) is 5.04. The lowest BCUT2D eigenvalue weighted by Crippen LogP contribution is -2.40. The minimum Gasteiger partial charge on any atom is -0.494 e. The molecule has 0 aliphatic carbocycles. The molecule has 8 nitrogen and oxygen atoms in total. The zero-order valence-electron chi connectivity index (χ0n) is 24.4. The van der Waals surface area contributed by atoms with E-state index in [1.54, 1.807) is 37.5 Å². The highest BCUT2D eigenvalue weighted by atomic mass is 32.1. The number of benzene rings is 3. The maximum absolute atomic E-state index is 14.0. The van der Waals surface area contributed by atoms with Gasteiger partial charge in [0.1, 0.15) is 18.1 Å². The van der Waals surface area contributed by atoms with E-state index in [-0.39, 0.29) is 18.3 Å². The summed E-state index contributed by atoms with van der Waals surface area (Å²) in [5.41, 5.74) is 3.29. The number of hydrogen-bond donors (Lipinski definition) is 0. The predicted molar refractivity (Wildman–Crippen MR) is 165 cm³/mol. The minimum absolute atomic E-state index is 0.202. The van der Waals surface area contributed by atoms with Crippen molar-refractivity contribution < 1.29 is 19.0 Å². The molecule has 0 saturated heterocycles. The molecule has 2 heterocycles. The Labute approximate surface area is 253 Å². The summed E-state index contributed by atoms with van der Waals surface area (Å²) in [7, 11) is 0. The van der Waals surface area contributed by atoms with E-state index >= 15 is 0 Å². The standard InChI is InChI=1S/C34H31N3O5S/c1-5-40-27-16-14-23(15-17-27)31-30(33(39)42-21(2)3)22(4)36-34-37(31)32(38)29(43-34)18-24-10-8-9-13-28(24)41-20-26-12-7-6-11-25(26)19-35/h6-18,21,31H,5,20H2,1-4H3/b29-18+/t31-/m1/s1. The average Bonchev–Trinajstić information content (AvgIpc) is 3.30. The van der Waals surface area contributed by atoms with Crippen LogP contribution >= 0.6 is 11.3 Å². The number of allylic oxidation sites excluding steroid dienone is 1. The average molecular weight is 594 g/mol. The first-order valence-electron chi connectivity index (χ1n) is 14.0. The van der Waals surface area contributed by atoms with Gasteiger partial charge in [0.05, 0.1) is 46.2 Å². The van der Waals surface area contributed by atoms with E-state index in [9.17, 15) is 14.9 Å². The molecule has 9 heteroatoms. The first kappa shape index (κ1) is 29.5. The van der Waals surface area contributed by atoms with E-state index in [0.717, 1.165) is 11.1 Å². The van der Waals surface area contributed by atoms with Crippen molar-refractivity contribution >= 4 is 23.4 Å². The van der Waals surface area contributed by atoms with Gasteiger partial charge in [0, 0.05) is 11.1 Å². The summed E-state index contributed by atoms with van der Waals surface area (Å²) in [6, 6.07) is 23.5. The van der Waals surface area contributed by atoms with Gasteiger partial charge < -0.3 is 14.2 Å². The van der Waals surface area contributed by atoms with E-state index < -0.39 is 12.0 Å². The van der Waals surface area contributed by atoms with E-state index in [1.165, 1.54) is 11.3 Å². The van der Waals surface area contributed by atoms with Gasteiger partial charge >= 0.3 is 5.97 Å². The van der Waals surface area contributed by atoms with Gasteiger partial charge in [0.15, 0.2) is 4.80 Å². The molecule has 0 spiro atoms.